The molecule has 0 radical (unpaired) electrons. The van der Waals surface area contributed by atoms with Gasteiger partial charge in [0.25, 0.3) is 0 Å². The standard InChI is InChI=1S/C24H30ClN5OS/c1-6-16(2)18-7-11-20(12-8-18)26-22(31)15-32-24-28-27-23(17(3)29(4)5)30(24)21-13-9-19(25)10-14-21/h7-14,16-17H,6,15H2,1-5H3,(H,26,31). The molecule has 1 heterocycles. The summed E-state index contributed by atoms with van der Waals surface area (Å²) in [6.45, 7) is 6.44. The highest BCUT2D eigenvalue weighted by Crippen LogP contribution is 2.28. The number of amides is 1. The predicted octanol–water partition coefficient (Wildman–Crippen LogP) is 5.79. The molecule has 0 fully saturated rings. The molecule has 2 atom stereocenters. The number of halogens is 1. The zero-order chi connectivity index (χ0) is 23.3. The maximum absolute atomic E-state index is 12.6. The zero-order valence-electron chi connectivity index (χ0n) is 19.2. The number of nitrogens with zero attached hydrogens (tertiary/aromatic N) is 4. The lowest BCUT2D eigenvalue weighted by Crippen LogP contribution is -2.21. The van der Waals surface area contributed by atoms with Crippen molar-refractivity contribution >= 4 is 35.0 Å². The number of nitrogens with one attached hydrogen (secondary N) is 1. The summed E-state index contributed by atoms with van der Waals surface area (Å²) in [5.41, 5.74) is 2.98. The van der Waals surface area contributed by atoms with Crippen LogP contribution in [-0.4, -0.2) is 45.4 Å². The fourth-order valence-corrected chi connectivity index (χ4v) is 4.05. The number of thioether (sulfide) groups is 1. The molecule has 0 bridgehead atoms. The second kappa shape index (κ2) is 11.0. The number of carbonyl (C=O) groups is 1. The number of aromatic nitrogens is 3. The Morgan fingerprint density at radius 1 is 1.09 bits per heavy atom. The molecule has 1 aromatic heterocycles. The second-order valence-electron chi connectivity index (χ2n) is 8.06. The van der Waals surface area contributed by atoms with Crippen LogP contribution in [0.4, 0.5) is 5.69 Å². The summed E-state index contributed by atoms with van der Waals surface area (Å²) in [6, 6.07) is 15.6. The van der Waals surface area contributed by atoms with Crippen molar-refractivity contribution in [2.75, 3.05) is 25.2 Å². The predicted molar refractivity (Wildman–Crippen MR) is 133 cm³/mol. The Morgan fingerprint density at radius 2 is 1.75 bits per heavy atom. The lowest BCUT2D eigenvalue weighted by molar-refractivity contribution is -0.113. The third kappa shape index (κ3) is 5.91. The summed E-state index contributed by atoms with van der Waals surface area (Å²) in [7, 11) is 4.00. The lowest BCUT2D eigenvalue weighted by Gasteiger charge is -2.20. The molecule has 0 aliphatic carbocycles. The van der Waals surface area contributed by atoms with Crippen molar-refractivity contribution in [3.05, 3.63) is 64.9 Å². The van der Waals surface area contributed by atoms with E-state index >= 15 is 0 Å². The summed E-state index contributed by atoms with van der Waals surface area (Å²) in [4.78, 5) is 14.7. The molecular formula is C24H30ClN5OS. The van der Waals surface area contributed by atoms with Crippen molar-refractivity contribution in [1.82, 2.24) is 19.7 Å². The van der Waals surface area contributed by atoms with Crippen LogP contribution in [0.2, 0.25) is 5.02 Å². The maximum atomic E-state index is 12.6. The van der Waals surface area contributed by atoms with Crippen molar-refractivity contribution in [2.45, 2.75) is 44.3 Å². The Labute approximate surface area is 199 Å². The Bertz CT molecular complexity index is 1030. The third-order valence-electron chi connectivity index (χ3n) is 5.60. The second-order valence-corrected chi connectivity index (χ2v) is 9.44. The highest BCUT2D eigenvalue weighted by atomic mass is 35.5. The molecule has 0 saturated heterocycles. The minimum atomic E-state index is -0.0841. The van der Waals surface area contributed by atoms with Gasteiger partial charge in [0, 0.05) is 16.4 Å². The van der Waals surface area contributed by atoms with Gasteiger partial charge in [-0.25, -0.2) is 0 Å². The van der Waals surface area contributed by atoms with Crippen LogP contribution >= 0.6 is 23.4 Å². The van der Waals surface area contributed by atoms with Gasteiger partial charge in [0.05, 0.1) is 11.8 Å². The van der Waals surface area contributed by atoms with E-state index in [2.05, 4.69) is 53.3 Å². The number of anilines is 1. The molecule has 1 N–H and O–H groups in total. The molecule has 32 heavy (non-hydrogen) atoms. The summed E-state index contributed by atoms with van der Waals surface area (Å²) >= 11 is 7.43. The van der Waals surface area contributed by atoms with E-state index in [1.54, 1.807) is 0 Å². The van der Waals surface area contributed by atoms with Gasteiger partial charge >= 0.3 is 0 Å². The summed E-state index contributed by atoms with van der Waals surface area (Å²) in [5, 5.41) is 13.1. The molecule has 0 aliphatic rings. The van der Waals surface area contributed by atoms with Crippen molar-refractivity contribution in [2.24, 2.45) is 0 Å². The average Bonchev–Trinajstić information content (AvgIpc) is 3.21. The van der Waals surface area contributed by atoms with Crippen molar-refractivity contribution in [1.29, 1.82) is 0 Å². The van der Waals surface area contributed by atoms with E-state index in [-0.39, 0.29) is 17.7 Å². The van der Waals surface area contributed by atoms with E-state index in [9.17, 15) is 4.79 Å². The van der Waals surface area contributed by atoms with Gasteiger partial charge in [-0.1, -0.05) is 49.3 Å². The molecule has 2 aromatic carbocycles. The SMILES string of the molecule is CCC(C)c1ccc(NC(=O)CSc2nnc(C(C)N(C)C)n2-c2ccc(Cl)cc2)cc1. The van der Waals surface area contributed by atoms with E-state index in [1.807, 2.05) is 55.1 Å². The van der Waals surface area contributed by atoms with Crippen molar-refractivity contribution in [3.63, 3.8) is 0 Å². The van der Waals surface area contributed by atoms with Crippen molar-refractivity contribution in [3.8, 4) is 5.69 Å². The first kappa shape index (κ1) is 24.3. The van der Waals surface area contributed by atoms with Crippen LogP contribution in [0.3, 0.4) is 0 Å². The monoisotopic (exact) mass is 471 g/mol. The van der Waals surface area contributed by atoms with E-state index in [0.717, 1.165) is 23.6 Å². The van der Waals surface area contributed by atoms with Gasteiger partial charge in [0.1, 0.15) is 0 Å². The first-order valence-electron chi connectivity index (χ1n) is 10.7. The topological polar surface area (TPSA) is 63.1 Å². The number of carbonyl (C=O) groups excluding carboxylic acids is 1. The Hall–Kier alpha value is -2.35. The number of hydrogen-bond donors (Lipinski definition) is 1. The maximum Gasteiger partial charge on any atom is 0.234 e. The largest absolute Gasteiger partial charge is 0.325 e. The molecule has 1 amide bonds. The van der Waals surface area contributed by atoms with Gasteiger partial charge < -0.3 is 5.32 Å². The van der Waals surface area contributed by atoms with Crippen LogP contribution in [0.25, 0.3) is 5.69 Å². The molecule has 0 aliphatic heterocycles. The van der Waals surface area contributed by atoms with E-state index in [1.165, 1.54) is 17.3 Å². The minimum absolute atomic E-state index is 0.0466. The highest BCUT2D eigenvalue weighted by molar-refractivity contribution is 7.99. The normalized spacial score (nSPS) is 13.2. The Balaban J connectivity index is 1.74. The molecular weight excluding hydrogens is 442 g/mol. The molecule has 6 nitrogen and oxygen atoms in total. The number of rotatable bonds is 9. The minimum Gasteiger partial charge on any atom is -0.325 e. The van der Waals surface area contributed by atoms with Gasteiger partial charge in [0.15, 0.2) is 11.0 Å². The summed E-state index contributed by atoms with van der Waals surface area (Å²) in [5.74, 6) is 1.46. The summed E-state index contributed by atoms with van der Waals surface area (Å²) < 4.78 is 1.99. The molecule has 0 spiro atoms. The lowest BCUT2D eigenvalue weighted by atomic mass is 9.99. The van der Waals surface area contributed by atoms with E-state index in [4.69, 9.17) is 11.6 Å². The van der Waals surface area contributed by atoms with E-state index in [0.29, 0.717) is 16.1 Å². The quantitative estimate of drug-likeness (QED) is 0.400. The molecule has 0 saturated carbocycles. The van der Waals surface area contributed by atoms with Crippen LogP contribution < -0.4 is 5.32 Å². The van der Waals surface area contributed by atoms with Gasteiger partial charge in [-0.2, -0.15) is 0 Å². The van der Waals surface area contributed by atoms with Gasteiger partial charge in [0.2, 0.25) is 5.91 Å². The first-order chi connectivity index (χ1) is 15.3. The number of hydrogen-bond acceptors (Lipinski definition) is 5. The average molecular weight is 472 g/mol. The summed E-state index contributed by atoms with van der Waals surface area (Å²) in [6.07, 6.45) is 1.09. The Kier molecular flexibility index (Phi) is 8.34. The fourth-order valence-electron chi connectivity index (χ4n) is 3.17. The first-order valence-corrected chi connectivity index (χ1v) is 12.1. The third-order valence-corrected chi connectivity index (χ3v) is 6.78. The fraction of sp³-hybridized carbons (Fsp3) is 0.375. The highest BCUT2D eigenvalue weighted by Gasteiger charge is 2.21. The van der Waals surface area contributed by atoms with Crippen LogP contribution in [0.5, 0.6) is 0 Å². The van der Waals surface area contributed by atoms with E-state index < -0.39 is 0 Å². The smallest absolute Gasteiger partial charge is 0.234 e. The molecule has 3 aromatic rings. The zero-order valence-corrected chi connectivity index (χ0v) is 20.7. The molecule has 8 heteroatoms. The van der Waals surface area contributed by atoms with Gasteiger partial charge in [-0.05, 0) is 75.3 Å². The molecule has 3 rings (SSSR count). The van der Waals surface area contributed by atoms with Gasteiger partial charge in [-0.15, -0.1) is 10.2 Å². The van der Waals surface area contributed by atoms with Crippen LogP contribution in [0.1, 0.15) is 50.5 Å². The number of benzene rings is 2. The van der Waals surface area contributed by atoms with Gasteiger partial charge in [-0.3, -0.25) is 14.3 Å². The van der Waals surface area contributed by atoms with Crippen LogP contribution in [-0.2, 0) is 4.79 Å². The van der Waals surface area contributed by atoms with Crippen LogP contribution in [0.15, 0.2) is 53.7 Å². The van der Waals surface area contributed by atoms with Crippen molar-refractivity contribution < 1.29 is 4.79 Å². The Morgan fingerprint density at radius 3 is 2.34 bits per heavy atom. The molecule has 170 valence electrons. The molecule has 2 unspecified atom stereocenters. The van der Waals surface area contributed by atoms with Crippen LogP contribution in [0, 0.1) is 0 Å².